The van der Waals surface area contributed by atoms with Crippen molar-refractivity contribution in [2.24, 2.45) is 15.0 Å². The number of benzene rings is 10. The van der Waals surface area contributed by atoms with Gasteiger partial charge >= 0.3 is 0 Å². The van der Waals surface area contributed by atoms with Crippen molar-refractivity contribution in [1.29, 1.82) is 0 Å². The lowest BCUT2D eigenvalue weighted by atomic mass is 9.91. The van der Waals surface area contributed by atoms with Crippen LogP contribution in [0.2, 0.25) is 0 Å². The topological polar surface area (TPSA) is 50.2 Å². The first-order valence-corrected chi connectivity index (χ1v) is 20.2. The van der Waals surface area contributed by atoms with Gasteiger partial charge in [-0.05, 0) is 84.9 Å². The van der Waals surface area contributed by atoms with E-state index >= 15 is 0 Å². The number of nitrogens with zero attached hydrogens (tertiary/aromatic N) is 3. The second-order valence-corrected chi connectivity index (χ2v) is 15.1. The molecule has 0 aliphatic carbocycles. The molecule has 0 bridgehead atoms. The maximum absolute atomic E-state index is 6.97. The van der Waals surface area contributed by atoms with Crippen LogP contribution in [0.15, 0.2) is 220 Å². The Balaban J connectivity index is 1.03. The van der Waals surface area contributed by atoms with Crippen LogP contribution >= 0.6 is 0 Å². The fourth-order valence-corrected chi connectivity index (χ4v) is 8.82. The number of aliphatic imine (C=N–C) groups is 3. The number of fused-ring (bicyclic) bond motifs is 11. The number of rotatable bonds is 6. The fourth-order valence-electron chi connectivity index (χ4n) is 8.82. The van der Waals surface area contributed by atoms with Gasteiger partial charge in [0.1, 0.15) is 11.2 Å². The predicted octanol–water partition coefficient (Wildman–Crippen LogP) is 14.6. The van der Waals surface area contributed by atoms with Crippen molar-refractivity contribution in [2.45, 2.75) is 6.54 Å². The van der Waals surface area contributed by atoms with Crippen LogP contribution in [-0.4, -0.2) is 18.4 Å². The van der Waals surface area contributed by atoms with Crippen LogP contribution in [0.3, 0.4) is 0 Å². The Morgan fingerprint density at radius 1 is 0.383 bits per heavy atom. The van der Waals surface area contributed by atoms with Gasteiger partial charge in [-0.3, -0.25) is 4.99 Å². The van der Waals surface area contributed by atoms with E-state index in [2.05, 4.69) is 151 Å². The SMILES string of the molecule is C=N/C(=N\C(=N/Cc1cccc(-c2cc3c4cccc(-c5ccc6c7ccccc7c7ccccc7c6c5)c4oc3c3ccccc23)c1)c1ccccc1)c1ccccc1. The molecule has 10 aromatic carbocycles. The first kappa shape index (κ1) is 35.2. The molecule has 4 nitrogen and oxygen atoms in total. The Kier molecular flexibility index (Phi) is 8.67. The molecule has 0 saturated heterocycles. The summed E-state index contributed by atoms with van der Waals surface area (Å²) in [6.07, 6.45) is 0. The van der Waals surface area contributed by atoms with Crippen LogP contribution < -0.4 is 0 Å². The van der Waals surface area contributed by atoms with E-state index in [-0.39, 0.29) is 0 Å². The lowest BCUT2D eigenvalue weighted by molar-refractivity contribution is 0.674. The highest BCUT2D eigenvalue weighted by atomic mass is 16.3. The summed E-state index contributed by atoms with van der Waals surface area (Å²) in [7, 11) is 0. The Bertz CT molecular complexity index is 3490. The van der Waals surface area contributed by atoms with Gasteiger partial charge in [-0.15, -0.1) is 0 Å². The molecule has 4 heteroatoms. The van der Waals surface area contributed by atoms with Crippen LogP contribution in [0.25, 0.3) is 87.3 Å². The Hall–Kier alpha value is -7.95. The van der Waals surface area contributed by atoms with E-state index in [1.165, 1.54) is 32.3 Å². The molecule has 0 radical (unpaired) electrons. The third-order valence-electron chi connectivity index (χ3n) is 11.6. The highest BCUT2D eigenvalue weighted by Crippen LogP contribution is 2.44. The minimum atomic E-state index is 0.440. The van der Waals surface area contributed by atoms with Gasteiger partial charge in [0.25, 0.3) is 0 Å². The molecule has 1 aromatic heterocycles. The summed E-state index contributed by atoms with van der Waals surface area (Å²) in [6, 6.07) is 70.3. The molecule has 0 N–H and O–H groups in total. The van der Waals surface area contributed by atoms with Crippen LogP contribution in [-0.2, 0) is 6.54 Å². The lowest BCUT2D eigenvalue weighted by Crippen LogP contribution is -2.05. The standard InChI is InChI=1S/C56H37N3O/c1-57-55(37-17-4-2-5-18-37)59-56(38-19-6-3-7-20-38)58-35-36-16-14-21-39(32-36)50-34-52-49-29-15-28-41(53(49)60-54(52)48-27-13-12-26-46(48)50)40-30-31-47-44-24-9-8-22-42(44)43-23-10-11-25-45(43)51(47)33-40/h2-34H,1,35H2/b58-56-,59-55-. The molecule has 0 aliphatic rings. The van der Waals surface area contributed by atoms with Gasteiger partial charge in [0.05, 0.1) is 6.54 Å². The largest absolute Gasteiger partial charge is 0.455 e. The predicted molar refractivity (Wildman–Crippen MR) is 254 cm³/mol. The summed E-state index contributed by atoms with van der Waals surface area (Å²) < 4.78 is 6.97. The maximum Gasteiger partial charge on any atom is 0.161 e. The zero-order valence-corrected chi connectivity index (χ0v) is 32.7. The summed E-state index contributed by atoms with van der Waals surface area (Å²) in [5, 5.41) is 11.9. The zero-order chi connectivity index (χ0) is 40.0. The molecule has 60 heavy (non-hydrogen) atoms. The molecular formula is C56H37N3O. The summed E-state index contributed by atoms with van der Waals surface area (Å²) >= 11 is 0. The third kappa shape index (κ3) is 6.05. The molecule has 11 rings (SSSR count). The second kappa shape index (κ2) is 14.8. The fraction of sp³-hybridized carbons (Fsp3) is 0.0179. The average molecular weight is 768 g/mol. The van der Waals surface area contributed by atoms with Crippen molar-refractivity contribution in [3.63, 3.8) is 0 Å². The van der Waals surface area contributed by atoms with Crippen molar-refractivity contribution >= 4 is 83.4 Å². The quantitative estimate of drug-likeness (QED) is 0.0944. The monoisotopic (exact) mass is 767 g/mol. The van der Waals surface area contributed by atoms with E-state index in [9.17, 15) is 0 Å². The summed E-state index contributed by atoms with van der Waals surface area (Å²) in [4.78, 5) is 14.3. The van der Waals surface area contributed by atoms with Crippen molar-refractivity contribution < 1.29 is 4.42 Å². The molecule has 0 atom stereocenters. The molecule has 0 fully saturated rings. The number of furan rings is 1. The van der Waals surface area contributed by atoms with Crippen LogP contribution in [0, 0.1) is 0 Å². The second-order valence-electron chi connectivity index (χ2n) is 15.1. The van der Waals surface area contributed by atoms with Gasteiger partial charge in [-0.1, -0.05) is 182 Å². The minimum Gasteiger partial charge on any atom is -0.455 e. The molecule has 0 saturated carbocycles. The Labute approximate surface area is 347 Å². The molecule has 282 valence electrons. The van der Waals surface area contributed by atoms with Crippen molar-refractivity contribution in [2.75, 3.05) is 0 Å². The number of hydrogen-bond donors (Lipinski definition) is 0. The first-order valence-electron chi connectivity index (χ1n) is 20.2. The van der Waals surface area contributed by atoms with Crippen molar-refractivity contribution in [3.8, 4) is 22.3 Å². The van der Waals surface area contributed by atoms with Crippen LogP contribution in [0.4, 0.5) is 0 Å². The summed E-state index contributed by atoms with van der Waals surface area (Å²) in [5.41, 5.74) is 9.12. The van der Waals surface area contributed by atoms with E-state index < -0.39 is 0 Å². The molecule has 0 unspecified atom stereocenters. The smallest absolute Gasteiger partial charge is 0.161 e. The van der Waals surface area contributed by atoms with Gasteiger partial charge in [-0.2, -0.15) is 0 Å². The molecule has 0 aliphatic heterocycles. The molecule has 11 aromatic rings. The van der Waals surface area contributed by atoms with Gasteiger partial charge in [-0.25, -0.2) is 9.98 Å². The van der Waals surface area contributed by atoms with Gasteiger partial charge in [0, 0.05) is 32.8 Å². The van der Waals surface area contributed by atoms with E-state index in [4.69, 9.17) is 14.4 Å². The average Bonchev–Trinajstić information content (AvgIpc) is 3.71. The highest BCUT2D eigenvalue weighted by molar-refractivity contribution is 6.26. The number of amidine groups is 2. The molecular weight excluding hydrogens is 731 g/mol. The zero-order valence-electron chi connectivity index (χ0n) is 32.7. The lowest BCUT2D eigenvalue weighted by Gasteiger charge is -2.12. The summed E-state index contributed by atoms with van der Waals surface area (Å²) in [5.74, 6) is 1.14. The van der Waals surface area contributed by atoms with Gasteiger partial charge < -0.3 is 4.42 Å². The summed E-state index contributed by atoms with van der Waals surface area (Å²) in [6.45, 7) is 4.26. The minimum absolute atomic E-state index is 0.440. The molecule has 0 spiro atoms. The van der Waals surface area contributed by atoms with Gasteiger partial charge in [0.2, 0.25) is 0 Å². The van der Waals surface area contributed by atoms with Gasteiger partial charge in [0.15, 0.2) is 11.7 Å². The molecule has 1 heterocycles. The first-order chi connectivity index (χ1) is 29.7. The number of hydrogen-bond acceptors (Lipinski definition) is 2. The van der Waals surface area contributed by atoms with Crippen molar-refractivity contribution in [1.82, 2.24) is 0 Å². The maximum atomic E-state index is 6.97. The third-order valence-corrected chi connectivity index (χ3v) is 11.6. The molecule has 0 amide bonds. The highest BCUT2D eigenvalue weighted by Gasteiger charge is 2.19. The normalized spacial score (nSPS) is 12.3. The van der Waals surface area contributed by atoms with Crippen LogP contribution in [0.1, 0.15) is 16.7 Å². The van der Waals surface area contributed by atoms with Crippen LogP contribution in [0.5, 0.6) is 0 Å². The van der Waals surface area contributed by atoms with E-state index in [0.717, 1.165) is 71.7 Å². The van der Waals surface area contributed by atoms with E-state index in [1.807, 2.05) is 60.7 Å². The number of para-hydroxylation sites is 1. The van der Waals surface area contributed by atoms with E-state index in [1.54, 1.807) is 0 Å². The van der Waals surface area contributed by atoms with Crippen molar-refractivity contribution in [3.05, 3.63) is 217 Å². The Morgan fingerprint density at radius 2 is 0.917 bits per heavy atom. The Morgan fingerprint density at radius 3 is 1.60 bits per heavy atom. The van der Waals surface area contributed by atoms with E-state index in [0.29, 0.717) is 18.2 Å².